The summed E-state index contributed by atoms with van der Waals surface area (Å²) in [6.45, 7) is 7.18. The Labute approximate surface area is 190 Å². The molecule has 162 valence electrons. The zero-order chi connectivity index (χ0) is 21.8. The summed E-state index contributed by atoms with van der Waals surface area (Å²) in [5, 5.41) is 0. The highest BCUT2D eigenvalue weighted by Gasteiger charge is 2.27. The molecule has 0 unspecified atom stereocenters. The van der Waals surface area contributed by atoms with E-state index in [1.54, 1.807) is 0 Å². The molecule has 5 rings (SSSR count). The van der Waals surface area contributed by atoms with Crippen molar-refractivity contribution in [2.24, 2.45) is 0 Å². The maximum atomic E-state index is 6.26. The Bertz CT molecular complexity index is 1070. The molecular weight excluding hydrogens is 392 g/mol. The number of furan rings is 1. The molecule has 4 aromatic rings. The van der Waals surface area contributed by atoms with Crippen molar-refractivity contribution in [2.45, 2.75) is 19.5 Å². The van der Waals surface area contributed by atoms with Crippen LogP contribution in [-0.2, 0) is 6.54 Å². The molecule has 3 heteroatoms. The number of hydrogen-bond donors (Lipinski definition) is 0. The van der Waals surface area contributed by atoms with Crippen molar-refractivity contribution >= 4 is 0 Å². The summed E-state index contributed by atoms with van der Waals surface area (Å²) in [7, 11) is 0. The molecule has 1 aliphatic heterocycles. The van der Waals surface area contributed by atoms with Crippen molar-refractivity contribution in [2.75, 3.05) is 26.2 Å². The Morgan fingerprint density at radius 2 is 1.25 bits per heavy atom. The van der Waals surface area contributed by atoms with E-state index in [1.807, 2.05) is 6.07 Å². The van der Waals surface area contributed by atoms with E-state index in [1.165, 1.54) is 16.7 Å². The molecule has 1 saturated heterocycles. The van der Waals surface area contributed by atoms with Gasteiger partial charge in [-0.3, -0.25) is 9.80 Å². The van der Waals surface area contributed by atoms with E-state index in [2.05, 4.69) is 108 Å². The quantitative estimate of drug-likeness (QED) is 0.371. The Morgan fingerprint density at radius 1 is 0.719 bits per heavy atom. The monoisotopic (exact) mass is 422 g/mol. The van der Waals surface area contributed by atoms with Gasteiger partial charge in [-0.2, -0.15) is 0 Å². The highest BCUT2D eigenvalue weighted by molar-refractivity contribution is 5.58. The second-order valence-electron chi connectivity index (χ2n) is 8.62. The summed E-state index contributed by atoms with van der Waals surface area (Å²) in [4.78, 5) is 5.13. The molecule has 2 heterocycles. The Hall–Kier alpha value is -3.14. The van der Waals surface area contributed by atoms with Gasteiger partial charge in [0, 0.05) is 31.7 Å². The highest BCUT2D eigenvalue weighted by Crippen LogP contribution is 2.30. The van der Waals surface area contributed by atoms with Crippen molar-refractivity contribution in [3.63, 3.8) is 0 Å². The van der Waals surface area contributed by atoms with Crippen LogP contribution >= 0.6 is 0 Å². The predicted molar refractivity (Wildman–Crippen MR) is 130 cm³/mol. The molecular formula is C29H30N2O. The number of benzene rings is 3. The van der Waals surface area contributed by atoms with Gasteiger partial charge in [-0.1, -0.05) is 91.0 Å². The standard InChI is InChI=1S/C29H30N2O/c1-23-21-27(24-11-5-2-6-12-24)32-28(23)22-30-17-19-31(20-18-30)29(25-13-7-3-8-14-25)26-15-9-4-10-16-26/h2-16,21,29H,17-20,22H2,1H3. The van der Waals surface area contributed by atoms with Crippen LogP contribution in [0.25, 0.3) is 11.3 Å². The minimum absolute atomic E-state index is 0.301. The summed E-state index contributed by atoms with van der Waals surface area (Å²) in [6, 6.07) is 34.6. The fraction of sp³-hybridized carbons (Fsp3) is 0.241. The zero-order valence-electron chi connectivity index (χ0n) is 18.7. The second kappa shape index (κ2) is 9.56. The number of aryl methyl sites for hydroxylation is 1. The molecule has 0 aliphatic carbocycles. The molecule has 0 bridgehead atoms. The molecule has 32 heavy (non-hydrogen) atoms. The molecule has 1 aliphatic rings. The lowest BCUT2D eigenvalue weighted by molar-refractivity contribution is 0.0997. The van der Waals surface area contributed by atoms with E-state index in [0.717, 1.165) is 49.8 Å². The van der Waals surface area contributed by atoms with Crippen molar-refractivity contribution in [1.82, 2.24) is 9.80 Å². The van der Waals surface area contributed by atoms with E-state index in [4.69, 9.17) is 4.42 Å². The lowest BCUT2D eigenvalue weighted by Crippen LogP contribution is -2.47. The van der Waals surface area contributed by atoms with Gasteiger partial charge < -0.3 is 4.42 Å². The maximum absolute atomic E-state index is 6.26. The number of rotatable bonds is 6. The third-order valence-corrected chi connectivity index (χ3v) is 6.45. The summed E-state index contributed by atoms with van der Waals surface area (Å²) in [6.07, 6.45) is 0. The predicted octanol–water partition coefficient (Wildman–Crippen LogP) is 6.16. The summed E-state index contributed by atoms with van der Waals surface area (Å²) < 4.78 is 6.26. The van der Waals surface area contributed by atoms with Crippen molar-refractivity contribution in [1.29, 1.82) is 0 Å². The largest absolute Gasteiger partial charge is 0.459 e. The van der Waals surface area contributed by atoms with E-state index >= 15 is 0 Å². The third kappa shape index (κ3) is 4.55. The molecule has 1 aromatic heterocycles. The van der Waals surface area contributed by atoms with Crippen LogP contribution in [0, 0.1) is 6.92 Å². The smallest absolute Gasteiger partial charge is 0.134 e. The maximum Gasteiger partial charge on any atom is 0.134 e. The molecule has 0 N–H and O–H groups in total. The third-order valence-electron chi connectivity index (χ3n) is 6.45. The van der Waals surface area contributed by atoms with Gasteiger partial charge in [-0.15, -0.1) is 0 Å². The molecule has 3 aromatic carbocycles. The highest BCUT2D eigenvalue weighted by atomic mass is 16.3. The number of piperazine rings is 1. The first-order valence-corrected chi connectivity index (χ1v) is 11.5. The van der Waals surface area contributed by atoms with E-state index in [-0.39, 0.29) is 0 Å². The molecule has 0 amide bonds. The van der Waals surface area contributed by atoms with Crippen molar-refractivity contribution in [3.8, 4) is 11.3 Å². The van der Waals surface area contributed by atoms with Gasteiger partial charge in [0.2, 0.25) is 0 Å². The first-order valence-electron chi connectivity index (χ1n) is 11.5. The average Bonchev–Trinajstić information content (AvgIpc) is 3.22. The lowest BCUT2D eigenvalue weighted by Gasteiger charge is -2.39. The van der Waals surface area contributed by atoms with Gasteiger partial charge in [0.15, 0.2) is 0 Å². The van der Waals surface area contributed by atoms with Crippen LogP contribution in [-0.4, -0.2) is 36.0 Å². The molecule has 0 spiro atoms. The molecule has 0 saturated carbocycles. The van der Waals surface area contributed by atoms with Gasteiger partial charge in [-0.25, -0.2) is 0 Å². The van der Waals surface area contributed by atoms with Gasteiger partial charge in [0.05, 0.1) is 12.6 Å². The number of hydrogen-bond acceptors (Lipinski definition) is 3. The topological polar surface area (TPSA) is 19.6 Å². The van der Waals surface area contributed by atoms with Gasteiger partial charge in [0.1, 0.15) is 11.5 Å². The van der Waals surface area contributed by atoms with Crippen molar-refractivity contribution in [3.05, 3.63) is 120 Å². The van der Waals surface area contributed by atoms with E-state index in [0.29, 0.717) is 6.04 Å². The van der Waals surface area contributed by atoms with Crippen LogP contribution in [0.1, 0.15) is 28.5 Å². The minimum atomic E-state index is 0.301. The van der Waals surface area contributed by atoms with Gasteiger partial charge in [0.25, 0.3) is 0 Å². The first kappa shape index (κ1) is 20.7. The molecule has 3 nitrogen and oxygen atoms in total. The minimum Gasteiger partial charge on any atom is -0.459 e. The molecule has 1 fully saturated rings. The number of nitrogens with zero attached hydrogens (tertiary/aromatic N) is 2. The zero-order valence-corrected chi connectivity index (χ0v) is 18.7. The SMILES string of the molecule is Cc1cc(-c2ccccc2)oc1CN1CCN(C(c2ccccc2)c2ccccc2)CC1. The lowest BCUT2D eigenvalue weighted by atomic mass is 9.96. The van der Waals surface area contributed by atoms with Crippen molar-refractivity contribution < 1.29 is 4.42 Å². The molecule has 0 atom stereocenters. The summed E-state index contributed by atoms with van der Waals surface area (Å²) >= 11 is 0. The van der Waals surface area contributed by atoms with Gasteiger partial charge >= 0.3 is 0 Å². The van der Waals surface area contributed by atoms with Gasteiger partial charge in [-0.05, 0) is 29.7 Å². The Kier molecular flexibility index (Phi) is 6.20. The summed E-state index contributed by atoms with van der Waals surface area (Å²) in [5.74, 6) is 2.05. The Morgan fingerprint density at radius 3 is 1.81 bits per heavy atom. The van der Waals surface area contributed by atoms with Crippen LogP contribution in [0.5, 0.6) is 0 Å². The van der Waals surface area contributed by atoms with Crippen LogP contribution in [0.3, 0.4) is 0 Å². The van der Waals surface area contributed by atoms with Crippen LogP contribution in [0.4, 0.5) is 0 Å². The summed E-state index contributed by atoms with van der Waals surface area (Å²) in [5.41, 5.74) is 5.10. The normalized spacial score (nSPS) is 15.3. The fourth-order valence-electron chi connectivity index (χ4n) is 4.69. The average molecular weight is 423 g/mol. The van der Waals surface area contributed by atoms with E-state index in [9.17, 15) is 0 Å². The van der Waals surface area contributed by atoms with Crippen LogP contribution in [0.2, 0.25) is 0 Å². The van der Waals surface area contributed by atoms with Crippen LogP contribution in [0.15, 0.2) is 101 Å². The van der Waals surface area contributed by atoms with E-state index < -0.39 is 0 Å². The molecule has 0 radical (unpaired) electrons. The first-order chi connectivity index (χ1) is 15.8. The van der Waals surface area contributed by atoms with Crippen LogP contribution < -0.4 is 0 Å². The Balaban J connectivity index is 1.28. The fourth-order valence-corrected chi connectivity index (χ4v) is 4.69. The second-order valence-corrected chi connectivity index (χ2v) is 8.62.